The molecule has 1 aliphatic carbocycles. The number of halogens is 1. The second kappa shape index (κ2) is 4.85. The largest absolute Gasteiger partial charge is 0.480 e. The lowest BCUT2D eigenvalue weighted by atomic mass is 10.0. The molecule has 2 rings (SSSR count). The van der Waals surface area contributed by atoms with Crippen molar-refractivity contribution in [3.63, 3.8) is 0 Å². The molecular formula is C14H16ClNO3. The number of hydrogen-bond donors (Lipinski definition) is 2. The molecule has 0 aliphatic heterocycles. The molecule has 0 saturated heterocycles. The number of carboxylic acids is 1. The van der Waals surface area contributed by atoms with Crippen molar-refractivity contribution in [3.8, 4) is 0 Å². The van der Waals surface area contributed by atoms with Gasteiger partial charge in [0.05, 0.1) is 0 Å². The van der Waals surface area contributed by atoms with Crippen molar-refractivity contribution in [2.24, 2.45) is 5.92 Å². The van der Waals surface area contributed by atoms with Crippen molar-refractivity contribution >= 4 is 23.5 Å². The maximum absolute atomic E-state index is 12.0. The monoisotopic (exact) mass is 281 g/mol. The first kappa shape index (κ1) is 13.9. The molecule has 0 spiro atoms. The van der Waals surface area contributed by atoms with E-state index in [0.29, 0.717) is 11.4 Å². The average Bonchev–Trinajstić information content (AvgIpc) is 3.08. The van der Waals surface area contributed by atoms with Gasteiger partial charge in [0.1, 0.15) is 5.54 Å². The summed E-state index contributed by atoms with van der Waals surface area (Å²) in [4.78, 5) is 23.0. The maximum Gasteiger partial charge on any atom is 0.328 e. The number of carbonyl (C=O) groups is 2. The van der Waals surface area contributed by atoms with Gasteiger partial charge >= 0.3 is 5.97 Å². The summed E-state index contributed by atoms with van der Waals surface area (Å²) in [7, 11) is 0. The highest BCUT2D eigenvalue weighted by Crippen LogP contribution is 2.49. The minimum Gasteiger partial charge on any atom is -0.480 e. The lowest BCUT2D eigenvalue weighted by molar-refractivity contribution is -0.146. The molecule has 0 heterocycles. The Bertz CT molecular complexity index is 527. The Labute approximate surface area is 116 Å². The third kappa shape index (κ3) is 2.89. The highest BCUT2D eigenvalue weighted by molar-refractivity contribution is 6.31. The molecule has 1 aliphatic rings. The summed E-state index contributed by atoms with van der Waals surface area (Å²) in [6.45, 7) is 2.94. The van der Waals surface area contributed by atoms with Crippen LogP contribution in [-0.4, -0.2) is 22.5 Å². The van der Waals surface area contributed by atoms with Gasteiger partial charge in [0.15, 0.2) is 0 Å². The molecule has 4 nitrogen and oxygen atoms in total. The molecule has 1 fully saturated rings. The number of aliphatic carboxylic acids is 1. The minimum absolute atomic E-state index is 0.0956. The fourth-order valence-electron chi connectivity index (χ4n) is 2.06. The Hall–Kier alpha value is -1.55. The molecule has 0 bridgehead atoms. The lowest BCUT2D eigenvalue weighted by Crippen LogP contribution is -2.50. The van der Waals surface area contributed by atoms with Crippen LogP contribution >= 0.6 is 11.6 Å². The van der Waals surface area contributed by atoms with Crippen LogP contribution < -0.4 is 5.32 Å². The number of amides is 1. The smallest absolute Gasteiger partial charge is 0.328 e. The van der Waals surface area contributed by atoms with Crippen molar-refractivity contribution in [2.75, 3.05) is 0 Å². The van der Waals surface area contributed by atoms with Crippen LogP contribution in [0.4, 0.5) is 0 Å². The highest BCUT2D eigenvalue weighted by Gasteiger charge is 2.46. The molecule has 102 valence electrons. The Balaban J connectivity index is 2.02. The first-order valence-corrected chi connectivity index (χ1v) is 6.50. The Morgan fingerprint density at radius 3 is 2.58 bits per heavy atom. The molecule has 2 unspecified atom stereocenters. The summed E-state index contributed by atoms with van der Waals surface area (Å²) in [6, 6.07) is 7.43. The van der Waals surface area contributed by atoms with Gasteiger partial charge in [-0.05, 0) is 37.8 Å². The van der Waals surface area contributed by atoms with E-state index < -0.39 is 11.5 Å². The topological polar surface area (TPSA) is 66.4 Å². The number of benzene rings is 1. The van der Waals surface area contributed by atoms with Crippen LogP contribution in [0.3, 0.4) is 0 Å². The predicted molar refractivity (Wildman–Crippen MR) is 72.2 cm³/mol. The standard InChI is InChI=1S/C14H16ClNO3/c1-14(2,13(18)19)16-12(17)10-7-9(10)8-5-3-4-6-11(8)15/h3-6,9-10H,7H2,1-2H3,(H,16,17)(H,18,19). The molecule has 0 radical (unpaired) electrons. The fourth-order valence-corrected chi connectivity index (χ4v) is 2.33. The summed E-state index contributed by atoms with van der Waals surface area (Å²) in [6.07, 6.45) is 0.714. The molecule has 2 atom stereocenters. The Morgan fingerprint density at radius 2 is 2.00 bits per heavy atom. The summed E-state index contributed by atoms with van der Waals surface area (Å²) >= 11 is 6.09. The zero-order chi connectivity index (χ0) is 14.2. The zero-order valence-electron chi connectivity index (χ0n) is 10.8. The second-order valence-electron chi connectivity index (χ2n) is 5.39. The van der Waals surface area contributed by atoms with E-state index in [0.717, 1.165) is 5.56 Å². The fraction of sp³-hybridized carbons (Fsp3) is 0.429. The summed E-state index contributed by atoms with van der Waals surface area (Å²) in [5, 5.41) is 12.2. The molecule has 1 aromatic carbocycles. The summed E-state index contributed by atoms with van der Waals surface area (Å²) in [5.41, 5.74) is -0.289. The van der Waals surface area contributed by atoms with E-state index in [1.165, 1.54) is 13.8 Å². The van der Waals surface area contributed by atoms with Gasteiger partial charge < -0.3 is 10.4 Å². The number of carbonyl (C=O) groups excluding carboxylic acids is 1. The van der Waals surface area contributed by atoms with E-state index in [9.17, 15) is 9.59 Å². The van der Waals surface area contributed by atoms with E-state index in [4.69, 9.17) is 16.7 Å². The summed E-state index contributed by atoms with van der Waals surface area (Å²) < 4.78 is 0. The third-order valence-corrected chi connectivity index (χ3v) is 3.75. The van der Waals surface area contributed by atoms with Gasteiger partial charge in [0, 0.05) is 10.9 Å². The minimum atomic E-state index is -1.25. The van der Waals surface area contributed by atoms with Crippen molar-refractivity contribution in [1.29, 1.82) is 0 Å². The lowest BCUT2D eigenvalue weighted by Gasteiger charge is -2.21. The van der Waals surface area contributed by atoms with E-state index in [2.05, 4.69) is 5.32 Å². The number of rotatable bonds is 4. The molecule has 0 aromatic heterocycles. The van der Waals surface area contributed by atoms with Crippen LogP contribution in [0.5, 0.6) is 0 Å². The van der Waals surface area contributed by atoms with Crippen LogP contribution in [0, 0.1) is 5.92 Å². The van der Waals surface area contributed by atoms with Crippen LogP contribution in [-0.2, 0) is 9.59 Å². The van der Waals surface area contributed by atoms with Gasteiger partial charge in [-0.15, -0.1) is 0 Å². The molecule has 5 heteroatoms. The average molecular weight is 282 g/mol. The van der Waals surface area contributed by atoms with Crippen molar-refractivity contribution < 1.29 is 14.7 Å². The molecule has 2 N–H and O–H groups in total. The van der Waals surface area contributed by atoms with Gasteiger partial charge in [0.2, 0.25) is 5.91 Å². The van der Waals surface area contributed by atoms with Gasteiger partial charge in [0.25, 0.3) is 0 Å². The molecular weight excluding hydrogens is 266 g/mol. The SMILES string of the molecule is CC(C)(NC(=O)C1CC1c1ccccc1Cl)C(=O)O. The zero-order valence-corrected chi connectivity index (χ0v) is 11.6. The number of hydrogen-bond acceptors (Lipinski definition) is 2. The first-order valence-electron chi connectivity index (χ1n) is 6.13. The van der Waals surface area contributed by atoms with Crippen LogP contribution in [0.25, 0.3) is 0 Å². The first-order chi connectivity index (χ1) is 8.83. The van der Waals surface area contributed by atoms with Gasteiger partial charge in [-0.2, -0.15) is 0 Å². The quantitative estimate of drug-likeness (QED) is 0.891. The Kier molecular flexibility index (Phi) is 3.54. The number of nitrogens with one attached hydrogen (secondary N) is 1. The van der Waals surface area contributed by atoms with Crippen LogP contribution in [0.1, 0.15) is 31.7 Å². The highest BCUT2D eigenvalue weighted by atomic mass is 35.5. The molecule has 1 amide bonds. The second-order valence-corrected chi connectivity index (χ2v) is 5.80. The predicted octanol–water partition coefficient (Wildman–Crippen LogP) is 2.42. The van der Waals surface area contributed by atoms with Gasteiger partial charge in [-0.25, -0.2) is 4.79 Å². The van der Waals surface area contributed by atoms with E-state index >= 15 is 0 Å². The molecule has 1 aromatic rings. The van der Waals surface area contributed by atoms with Crippen LogP contribution in [0.15, 0.2) is 24.3 Å². The van der Waals surface area contributed by atoms with Gasteiger partial charge in [-0.3, -0.25) is 4.79 Å². The van der Waals surface area contributed by atoms with Crippen LogP contribution in [0.2, 0.25) is 5.02 Å². The van der Waals surface area contributed by atoms with E-state index in [1.54, 1.807) is 6.07 Å². The number of carboxylic acid groups (broad SMARTS) is 1. The van der Waals surface area contributed by atoms with Crippen molar-refractivity contribution in [2.45, 2.75) is 31.7 Å². The maximum atomic E-state index is 12.0. The van der Waals surface area contributed by atoms with Crippen molar-refractivity contribution in [3.05, 3.63) is 34.9 Å². The van der Waals surface area contributed by atoms with Crippen molar-refractivity contribution in [1.82, 2.24) is 5.32 Å². The van der Waals surface area contributed by atoms with Gasteiger partial charge in [-0.1, -0.05) is 29.8 Å². The Morgan fingerprint density at radius 1 is 1.37 bits per heavy atom. The normalized spacial score (nSPS) is 21.8. The molecule has 19 heavy (non-hydrogen) atoms. The van der Waals surface area contributed by atoms with E-state index in [1.807, 2.05) is 18.2 Å². The molecule has 1 saturated carbocycles. The summed E-state index contributed by atoms with van der Waals surface area (Å²) in [5.74, 6) is -1.36. The van der Waals surface area contributed by atoms with E-state index in [-0.39, 0.29) is 17.7 Å². The third-order valence-electron chi connectivity index (χ3n) is 3.40.